The second kappa shape index (κ2) is 6.85. The van der Waals surface area contributed by atoms with Crippen molar-refractivity contribution in [3.8, 4) is 0 Å². The number of amides is 1. The largest absolute Gasteiger partial charge is 0.467 e. The normalized spacial score (nSPS) is 27.2. The zero-order valence-corrected chi connectivity index (χ0v) is 12.3. The van der Waals surface area contributed by atoms with E-state index in [0.717, 1.165) is 0 Å². The fraction of sp³-hybridized carbons (Fsp3) is 0.714. The Morgan fingerprint density at radius 2 is 2.20 bits per heavy atom. The van der Waals surface area contributed by atoms with Crippen LogP contribution in [0.25, 0.3) is 0 Å². The molecule has 6 nitrogen and oxygen atoms in total. The number of allylic oxidation sites excluding steroid dienone is 1. The molecule has 1 aliphatic carbocycles. The monoisotopic (exact) mass is 284 g/mol. The fourth-order valence-electron chi connectivity index (χ4n) is 2.35. The molecule has 0 aliphatic heterocycles. The highest BCUT2D eigenvalue weighted by molar-refractivity contribution is 5.91. The summed E-state index contributed by atoms with van der Waals surface area (Å²) in [7, 11) is 1.28. The van der Waals surface area contributed by atoms with Crippen molar-refractivity contribution in [2.45, 2.75) is 38.3 Å². The van der Waals surface area contributed by atoms with Gasteiger partial charge in [-0.05, 0) is 18.8 Å². The van der Waals surface area contributed by atoms with Crippen molar-refractivity contribution in [3.05, 3.63) is 12.2 Å². The Bertz CT molecular complexity index is 395. The van der Waals surface area contributed by atoms with Gasteiger partial charge in [-0.2, -0.15) is 0 Å². The molecule has 0 heterocycles. The van der Waals surface area contributed by atoms with E-state index in [1.54, 1.807) is 6.08 Å². The number of methoxy groups -OCH3 is 1. The first-order valence-electron chi connectivity index (χ1n) is 6.82. The van der Waals surface area contributed by atoms with Crippen LogP contribution in [-0.2, 0) is 14.3 Å². The SMILES string of the molecule is COC(=O)[C@H](NC(=O)[C@]1(N)CCC=C[C@@H]1CO)C(C)C. The van der Waals surface area contributed by atoms with E-state index in [1.807, 2.05) is 19.9 Å². The van der Waals surface area contributed by atoms with Crippen LogP contribution in [0.4, 0.5) is 0 Å². The molecule has 4 N–H and O–H groups in total. The molecule has 0 saturated carbocycles. The summed E-state index contributed by atoms with van der Waals surface area (Å²) in [5.41, 5.74) is 4.98. The Morgan fingerprint density at radius 3 is 2.70 bits per heavy atom. The third-order valence-electron chi connectivity index (χ3n) is 3.78. The minimum absolute atomic E-state index is 0.110. The van der Waals surface area contributed by atoms with Crippen LogP contribution in [0.15, 0.2) is 12.2 Å². The molecule has 0 aromatic rings. The van der Waals surface area contributed by atoms with E-state index in [1.165, 1.54) is 7.11 Å². The lowest BCUT2D eigenvalue weighted by Gasteiger charge is -2.37. The Morgan fingerprint density at radius 1 is 1.55 bits per heavy atom. The second-order valence-corrected chi connectivity index (χ2v) is 5.51. The Labute approximate surface area is 119 Å². The van der Waals surface area contributed by atoms with Crippen molar-refractivity contribution in [2.24, 2.45) is 17.6 Å². The minimum Gasteiger partial charge on any atom is -0.467 e. The van der Waals surface area contributed by atoms with Gasteiger partial charge < -0.3 is 20.9 Å². The predicted molar refractivity (Wildman–Crippen MR) is 74.7 cm³/mol. The molecule has 20 heavy (non-hydrogen) atoms. The van der Waals surface area contributed by atoms with Crippen molar-refractivity contribution in [3.63, 3.8) is 0 Å². The van der Waals surface area contributed by atoms with Crippen LogP contribution in [0.1, 0.15) is 26.7 Å². The lowest BCUT2D eigenvalue weighted by Crippen LogP contribution is -2.63. The van der Waals surface area contributed by atoms with Gasteiger partial charge in [0, 0.05) is 5.92 Å². The molecule has 0 aromatic heterocycles. The molecule has 1 aliphatic rings. The average molecular weight is 284 g/mol. The van der Waals surface area contributed by atoms with E-state index in [-0.39, 0.29) is 12.5 Å². The topological polar surface area (TPSA) is 102 Å². The maximum atomic E-state index is 12.4. The van der Waals surface area contributed by atoms with Gasteiger partial charge in [-0.1, -0.05) is 26.0 Å². The van der Waals surface area contributed by atoms with Crippen LogP contribution < -0.4 is 11.1 Å². The Balaban J connectivity index is 2.87. The minimum atomic E-state index is -1.19. The van der Waals surface area contributed by atoms with Crippen LogP contribution in [0.5, 0.6) is 0 Å². The number of aliphatic hydroxyl groups excluding tert-OH is 1. The molecule has 0 bridgehead atoms. The van der Waals surface area contributed by atoms with Crippen molar-refractivity contribution < 1.29 is 19.4 Å². The summed E-state index contributed by atoms with van der Waals surface area (Å²) in [5, 5.41) is 12.0. The summed E-state index contributed by atoms with van der Waals surface area (Å²) < 4.78 is 4.69. The first kappa shape index (κ1) is 16.7. The summed E-state index contributed by atoms with van der Waals surface area (Å²) in [4.78, 5) is 24.1. The van der Waals surface area contributed by atoms with Crippen LogP contribution in [-0.4, -0.2) is 42.3 Å². The molecule has 0 unspecified atom stereocenters. The summed E-state index contributed by atoms with van der Waals surface area (Å²) in [6.45, 7) is 3.43. The molecule has 1 amide bonds. The molecule has 0 aromatic carbocycles. The van der Waals surface area contributed by atoms with Gasteiger partial charge in [0.25, 0.3) is 0 Å². The number of rotatable bonds is 5. The van der Waals surface area contributed by atoms with E-state index in [2.05, 4.69) is 5.32 Å². The summed E-state index contributed by atoms with van der Waals surface area (Å²) in [6.07, 6.45) is 4.77. The molecule has 0 fully saturated rings. The summed E-state index contributed by atoms with van der Waals surface area (Å²) in [6, 6.07) is -0.738. The van der Waals surface area contributed by atoms with Crippen LogP contribution in [0.2, 0.25) is 0 Å². The van der Waals surface area contributed by atoms with Crippen LogP contribution in [0.3, 0.4) is 0 Å². The lowest BCUT2D eigenvalue weighted by atomic mass is 9.76. The van der Waals surface area contributed by atoms with E-state index in [4.69, 9.17) is 10.5 Å². The van der Waals surface area contributed by atoms with Crippen LogP contribution >= 0.6 is 0 Å². The van der Waals surface area contributed by atoms with Gasteiger partial charge in [0.1, 0.15) is 11.6 Å². The number of carbonyl (C=O) groups excluding carboxylic acids is 2. The Hall–Kier alpha value is -1.40. The first-order valence-corrected chi connectivity index (χ1v) is 6.82. The highest BCUT2D eigenvalue weighted by Crippen LogP contribution is 2.27. The smallest absolute Gasteiger partial charge is 0.328 e. The number of nitrogens with one attached hydrogen (secondary N) is 1. The van der Waals surface area contributed by atoms with E-state index >= 15 is 0 Å². The number of esters is 1. The van der Waals surface area contributed by atoms with Crippen molar-refractivity contribution >= 4 is 11.9 Å². The molecule has 0 saturated heterocycles. The number of hydrogen-bond donors (Lipinski definition) is 3. The van der Waals surface area contributed by atoms with Gasteiger partial charge in [-0.15, -0.1) is 0 Å². The van der Waals surface area contributed by atoms with Gasteiger partial charge in [-0.3, -0.25) is 4.79 Å². The molecule has 0 radical (unpaired) electrons. The van der Waals surface area contributed by atoms with Crippen molar-refractivity contribution in [1.29, 1.82) is 0 Å². The first-order chi connectivity index (χ1) is 9.36. The lowest BCUT2D eigenvalue weighted by molar-refractivity contribution is -0.147. The average Bonchev–Trinajstić information content (AvgIpc) is 2.43. The van der Waals surface area contributed by atoms with Gasteiger partial charge in [0.05, 0.1) is 13.7 Å². The zero-order valence-electron chi connectivity index (χ0n) is 12.3. The van der Waals surface area contributed by atoms with Crippen molar-refractivity contribution in [1.82, 2.24) is 5.32 Å². The highest BCUT2D eigenvalue weighted by atomic mass is 16.5. The quantitative estimate of drug-likeness (QED) is 0.485. The second-order valence-electron chi connectivity index (χ2n) is 5.51. The number of carbonyl (C=O) groups is 2. The van der Waals surface area contributed by atoms with Gasteiger partial charge >= 0.3 is 5.97 Å². The summed E-state index contributed by atoms with van der Waals surface area (Å²) in [5.74, 6) is -1.47. The van der Waals surface area contributed by atoms with Crippen LogP contribution in [0, 0.1) is 11.8 Å². The molecule has 114 valence electrons. The third-order valence-corrected chi connectivity index (χ3v) is 3.78. The van der Waals surface area contributed by atoms with Gasteiger partial charge in [-0.25, -0.2) is 4.79 Å². The molecular weight excluding hydrogens is 260 g/mol. The molecule has 6 heteroatoms. The number of nitrogens with two attached hydrogens (primary N) is 1. The van der Waals surface area contributed by atoms with Gasteiger partial charge in [0.15, 0.2) is 0 Å². The van der Waals surface area contributed by atoms with E-state index in [0.29, 0.717) is 12.8 Å². The van der Waals surface area contributed by atoms with E-state index < -0.39 is 29.4 Å². The van der Waals surface area contributed by atoms with Crippen molar-refractivity contribution in [2.75, 3.05) is 13.7 Å². The number of ether oxygens (including phenoxy) is 1. The molecule has 3 atom stereocenters. The highest BCUT2D eigenvalue weighted by Gasteiger charge is 2.43. The fourth-order valence-corrected chi connectivity index (χ4v) is 2.35. The molecule has 1 rings (SSSR count). The maximum absolute atomic E-state index is 12.4. The number of aliphatic hydroxyl groups is 1. The molecule has 0 spiro atoms. The predicted octanol–water partition coefficient (Wildman–Crippen LogP) is -0.0438. The maximum Gasteiger partial charge on any atom is 0.328 e. The zero-order chi connectivity index (χ0) is 15.3. The van der Waals surface area contributed by atoms with E-state index in [9.17, 15) is 14.7 Å². The van der Waals surface area contributed by atoms with Gasteiger partial charge in [0.2, 0.25) is 5.91 Å². The number of hydrogen-bond acceptors (Lipinski definition) is 5. The third kappa shape index (κ3) is 3.37. The summed E-state index contributed by atoms with van der Waals surface area (Å²) >= 11 is 0. The Kier molecular flexibility index (Phi) is 5.71. The standard InChI is InChI=1S/C14H24N2O4/c1-9(2)11(12(18)20-3)16-13(19)14(15)7-5-4-6-10(14)8-17/h4,6,9-11,17H,5,7-8,15H2,1-3H3,(H,16,19)/t10-,11-,14+/m1/s1. The molecular formula is C14H24N2O4.